The molecule has 3 amide bonds. The Labute approximate surface area is 169 Å². The van der Waals surface area contributed by atoms with Gasteiger partial charge in [0.1, 0.15) is 19.0 Å². The van der Waals surface area contributed by atoms with E-state index in [1.165, 1.54) is 16.6 Å². The van der Waals surface area contributed by atoms with Gasteiger partial charge in [-0.15, -0.1) is 15.3 Å². The van der Waals surface area contributed by atoms with E-state index in [2.05, 4.69) is 20.6 Å². The number of aromatic nitrogens is 4. The standard InChI is InChI=1S/C19H17FN6O4/c20-13-3-1-12(2-4-13)19-23-22-14-5-6-16(24-26(14)19)30-10-9-21-15(27)11-25-17(28)7-8-18(25)29/h1-6H,7-11H2,(H,21,27). The van der Waals surface area contributed by atoms with Crippen molar-refractivity contribution in [1.29, 1.82) is 0 Å². The van der Waals surface area contributed by atoms with E-state index < -0.39 is 5.91 Å². The summed E-state index contributed by atoms with van der Waals surface area (Å²) in [5.74, 6) is -0.758. The molecule has 0 aliphatic carbocycles. The van der Waals surface area contributed by atoms with E-state index in [4.69, 9.17) is 4.74 Å². The summed E-state index contributed by atoms with van der Waals surface area (Å²) in [4.78, 5) is 35.9. The van der Waals surface area contributed by atoms with Crippen LogP contribution in [0, 0.1) is 5.82 Å². The molecule has 3 heterocycles. The summed E-state index contributed by atoms with van der Waals surface area (Å²) in [6.07, 6.45) is 0.290. The van der Waals surface area contributed by atoms with E-state index >= 15 is 0 Å². The number of halogens is 1. The number of carbonyl (C=O) groups is 3. The number of hydrogen-bond acceptors (Lipinski definition) is 7. The highest BCUT2D eigenvalue weighted by Gasteiger charge is 2.30. The summed E-state index contributed by atoms with van der Waals surface area (Å²) in [5, 5.41) is 15.0. The van der Waals surface area contributed by atoms with Gasteiger partial charge in [0, 0.05) is 24.5 Å². The van der Waals surface area contributed by atoms with E-state index in [0.29, 0.717) is 17.0 Å². The molecule has 1 fully saturated rings. The molecule has 1 saturated heterocycles. The number of carbonyl (C=O) groups excluding carboxylic acids is 3. The molecule has 1 aliphatic rings. The topological polar surface area (TPSA) is 119 Å². The quantitative estimate of drug-likeness (QED) is 0.445. The van der Waals surface area contributed by atoms with Gasteiger partial charge in [-0.05, 0) is 30.3 Å². The van der Waals surface area contributed by atoms with Gasteiger partial charge in [0.2, 0.25) is 23.6 Å². The molecule has 30 heavy (non-hydrogen) atoms. The number of fused-ring (bicyclic) bond motifs is 1. The molecule has 0 atom stereocenters. The Kier molecular flexibility index (Phi) is 5.33. The Morgan fingerprint density at radius 2 is 1.80 bits per heavy atom. The van der Waals surface area contributed by atoms with Crippen LogP contribution in [0.2, 0.25) is 0 Å². The van der Waals surface area contributed by atoms with Gasteiger partial charge >= 0.3 is 0 Å². The molecule has 3 aromatic rings. The number of imide groups is 1. The van der Waals surface area contributed by atoms with Gasteiger partial charge in [-0.3, -0.25) is 19.3 Å². The Morgan fingerprint density at radius 3 is 2.53 bits per heavy atom. The highest BCUT2D eigenvalue weighted by molar-refractivity contribution is 6.04. The van der Waals surface area contributed by atoms with Crippen LogP contribution in [0.5, 0.6) is 5.88 Å². The second-order valence-corrected chi connectivity index (χ2v) is 6.54. The van der Waals surface area contributed by atoms with Gasteiger partial charge in [-0.1, -0.05) is 0 Å². The number of ether oxygens (including phenoxy) is 1. The van der Waals surface area contributed by atoms with Gasteiger partial charge in [0.05, 0.1) is 6.54 Å². The van der Waals surface area contributed by atoms with E-state index in [0.717, 1.165) is 4.90 Å². The molecule has 2 aromatic heterocycles. The van der Waals surface area contributed by atoms with Gasteiger partial charge in [0.25, 0.3) is 0 Å². The maximum Gasteiger partial charge on any atom is 0.240 e. The highest BCUT2D eigenvalue weighted by Crippen LogP contribution is 2.19. The molecule has 1 aromatic carbocycles. The summed E-state index contributed by atoms with van der Waals surface area (Å²) in [6.45, 7) is 0.00548. The number of nitrogens with one attached hydrogen (secondary N) is 1. The normalized spacial score (nSPS) is 13.8. The van der Waals surface area contributed by atoms with E-state index in [1.54, 1.807) is 24.3 Å². The first-order valence-electron chi connectivity index (χ1n) is 9.22. The van der Waals surface area contributed by atoms with Crippen molar-refractivity contribution in [3.05, 3.63) is 42.2 Å². The molecule has 0 saturated carbocycles. The fraction of sp³-hybridized carbons (Fsp3) is 0.263. The maximum atomic E-state index is 13.1. The third-order valence-corrected chi connectivity index (χ3v) is 4.47. The summed E-state index contributed by atoms with van der Waals surface area (Å²) in [7, 11) is 0. The van der Waals surface area contributed by atoms with Crippen molar-refractivity contribution in [1.82, 2.24) is 30.0 Å². The third kappa shape index (κ3) is 4.09. The van der Waals surface area contributed by atoms with Crippen molar-refractivity contribution in [2.24, 2.45) is 0 Å². The minimum Gasteiger partial charge on any atom is -0.475 e. The molecule has 11 heteroatoms. The molecule has 0 spiro atoms. The maximum absolute atomic E-state index is 13.1. The summed E-state index contributed by atoms with van der Waals surface area (Å²) in [5.41, 5.74) is 1.14. The molecule has 10 nitrogen and oxygen atoms in total. The van der Waals surface area contributed by atoms with Crippen LogP contribution in [0.4, 0.5) is 4.39 Å². The highest BCUT2D eigenvalue weighted by atomic mass is 19.1. The smallest absolute Gasteiger partial charge is 0.240 e. The largest absolute Gasteiger partial charge is 0.475 e. The fourth-order valence-corrected chi connectivity index (χ4v) is 2.97. The predicted molar refractivity (Wildman–Crippen MR) is 101 cm³/mol. The van der Waals surface area contributed by atoms with Gasteiger partial charge in [-0.2, -0.15) is 4.52 Å². The number of rotatable bonds is 7. The average molecular weight is 412 g/mol. The summed E-state index contributed by atoms with van der Waals surface area (Å²) in [6, 6.07) is 9.08. The summed E-state index contributed by atoms with van der Waals surface area (Å²) < 4.78 is 20.2. The monoisotopic (exact) mass is 412 g/mol. The minimum absolute atomic E-state index is 0.125. The zero-order valence-electron chi connectivity index (χ0n) is 15.7. The average Bonchev–Trinajstić information content (AvgIpc) is 3.30. The summed E-state index contributed by atoms with van der Waals surface area (Å²) >= 11 is 0. The van der Waals surface area contributed by atoms with Crippen molar-refractivity contribution < 1.29 is 23.5 Å². The van der Waals surface area contributed by atoms with Crippen LogP contribution < -0.4 is 10.1 Å². The van der Waals surface area contributed by atoms with Gasteiger partial charge < -0.3 is 10.1 Å². The molecule has 154 valence electrons. The number of hydrogen-bond donors (Lipinski definition) is 1. The van der Waals surface area contributed by atoms with Crippen LogP contribution >= 0.6 is 0 Å². The lowest BCUT2D eigenvalue weighted by atomic mass is 10.2. The Morgan fingerprint density at radius 1 is 1.07 bits per heavy atom. The van der Waals surface area contributed by atoms with Crippen LogP contribution in [0.3, 0.4) is 0 Å². The molecule has 0 unspecified atom stereocenters. The second-order valence-electron chi connectivity index (χ2n) is 6.54. The minimum atomic E-state index is -0.442. The second kappa shape index (κ2) is 8.23. The molecule has 0 bridgehead atoms. The zero-order valence-corrected chi connectivity index (χ0v) is 15.7. The lowest BCUT2D eigenvalue weighted by Gasteiger charge is -2.13. The van der Waals surface area contributed by atoms with Crippen molar-refractivity contribution in [3.8, 4) is 17.3 Å². The number of likely N-dealkylation sites (tertiary alicyclic amines) is 1. The molecule has 0 radical (unpaired) electrons. The molecular weight excluding hydrogens is 395 g/mol. The third-order valence-electron chi connectivity index (χ3n) is 4.47. The van der Waals surface area contributed by atoms with E-state index in [-0.39, 0.29) is 56.0 Å². The number of nitrogens with zero attached hydrogens (tertiary/aromatic N) is 5. The molecule has 1 N–H and O–H groups in total. The SMILES string of the molecule is O=C(CN1C(=O)CCC1=O)NCCOc1ccc2nnc(-c3ccc(F)cc3)n2n1. The van der Waals surface area contributed by atoms with Crippen LogP contribution in [-0.4, -0.2) is 62.1 Å². The first-order valence-corrected chi connectivity index (χ1v) is 9.22. The molecule has 1 aliphatic heterocycles. The first kappa shape index (κ1) is 19.4. The van der Waals surface area contributed by atoms with Crippen molar-refractivity contribution in [2.45, 2.75) is 12.8 Å². The van der Waals surface area contributed by atoms with E-state index in [1.807, 2.05) is 0 Å². The molecular formula is C19H17FN6O4. The van der Waals surface area contributed by atoms with Crippen LogP contribution in [0.25, 0.3) is 17.0 Å². The van der Waals surface area contributed by atoms with Crippen molar-refractivity contribution in [3.63, 3.8) is 0 Å². The Balaban J connectivity index is 1.33. The zero-order chi connectivity index (χ0) is 21.1. The van der Waals surface area contributed by atoms with Crippen LogP contribution in [0.1, 0.15) is 12.8 Å². The lowest BCUT2D eigenvalue weighted by Crippen LogP contribution is -2.41. The molecule has 4 rings (SSSR count). The Hall–Kier alpha value is -3.89. The van der Waals surface area contributed by atoms with Crippen molar-refractivity contribution in [2.75, 3.05) is 19.7 Å². The van der Waals surface area contributed by atoms with Gasteiger partial charge in [-0.25, -0.2) is 4.39 Å². The number of benzene rings is 1. The first-order chi connectivity index (χ1) is 14.5. The number of amides is 3. The van der Waals surface area contributed by atoms with Crippen LogP contribution in [0.15, 0.2) is 36.4 Å². The van der Waals surface area contributed by atoms with Gasteiger partial charge in [0.15, 0.2) is 11.5 Å². The van der Waals surface area contributed by atoms with Crippen molar-refractivity contribution >= 4 is 23.4 Å². The lowest BCUT2D eigenvalue weighted by molar-refractivity contribution is -0.142. The fourth-order valence-electron chi connectivity index (χ4n) is 2.97. The predicted octanol–water partition coefficient (Wildman–Crippen LogP) is 0.574. The van der Waals surface area contributed by atoms with Crippen LogP contribution in [-0.2, 0) is 14.4 Å². The van der Waals surface area contributed by atoms with E-state index in [9.17, 15) is 18.8 Å². The Bertz CT molecular complexity index is 1100.